The van der Waals surface area contributed by atoms with Crippen LogP contribution in [0.25, 0.3) is 21.7 Å². The molecule has 4 rings (SSSR count). The van der Waals surface area contributed by atoms with Gasteiger partial charge < -0.3 is 4.74 Å². The Balaban J connectivity index is 1.97. The molecule has 0 aliphatic carbocycles. The molecule has 0 bridgehead atoms. The van der Waals surface area contributed by atoms with Crippen molar-refractivity contribution in [3.63, 3.8) is 0 Å². The van der Waals surface area contributed by atoms with Gasteiger partial charge in [-0.05, 0) is 30.0 Å². The summed E-state index contributed by atoms with van der Waals surface area (Å²) in [6.45, 7) is 0.0411. The van der Waals surface area contributed by atoms with E-state index in [0.717, 1.165) is 11.6 Å². The standard InChI is InChI=1S/C21H16F3N3O2S2/c1-29-13-9-7-12(8-10-13)11-27-17(14-5-3-4-6-15(14)21(22,23)24)26-18-16(19(27)28)25-20(30-2)31-18/h3-10H,11H2,1-2H3. The number of hydrogen-bond donors (Lipinski definition) is 0. The van der Waals surface area contributed by atoms with Crippen molar-refractivity contribution in [2.45, 2.75) is 17.1 Å². The quantitative estimate of drug-likeness (QED) is 0.375. The molecule has 2 aromatic carbocycles. The molecular formula is C21H16F3N3O2S2. The van der Waals surface area contributed by atoms with E-state index in [1.165, 1.54) is 53.0 Å². The van der Waals surface area contributed by atoms with Crippen LogP contribution < -0.4 is 10.3 Å². The molecule has 2 aromatic heterocycles. The smallest absolute Gasteiger partial charge is 0.417 e. The van der Waals surface area contributed by atoms with Crippen LogP contribution in [-0.4, -0.2) is 27.9 Å². The molecule has 4 aromatic rings. The lowest BCUT2D eigenvalue weighted by Crippen LogP contribution is -2.25. The number of thiazole rings is 1. The van der Waals surface area contributed by atoms with Gasteiger partial charge in [-0.3, -0.25) is 9.36 Å². The van der Waals surface area contributed by atoms with Crippen LogP contribution in [0.4, 0.5) is 13.2 Å². The maximum atomic E-state index is 13.7. The Hall–Kier alpha value is -2.85. The summed E-state index contributed by atoms with van der Waals surface area (Å²) in [5.41, 5.74) is -0.614. The van der Waals surface area contributed by atoms with Gasteiger partial charge in [-0.15, -0.1) is 0 Å². The van der Waals surface area contributed by atoms with E-state index in [9.17, 15) is 18.0 Å². The lowest BCUT2D eigenvalue weighted by Gasteiger charge is -2.16. The van der Waals surface area contributed by atoms with Gasteiger partial charge in [-0.1, -0.05) is 53.4 Å². The van der Waals surface area contributed by atoms with E-state index < -0.39 is 17.3 Å². The van der Waals surface area contributed by atoms with E-state index >= 15 is 0 Å². The molecule has 0 atom stereocenters. The average molecular weight is 464 g/mol. The molecule has 0 radical (unpaired) electrons. The topological polar surface area (TPSA) is 57.0 Å². The summed E-state index contributed by atoms with van der Waals surface area (Å²) in [4.78, 5) is 22.4. The molecule has 0 N–H and O–H groups in total. The maximum Gasteiger partial charge on any atom is 0.417 e. The first-order valence-electron chi connectivity index (χ1n) is 9.06. The monoisotopic (exact) mass is 463 g/mol. The molecule has 0 fully saturated rings. The molecule has 10 heteroatoms. The summed E-state index contributed by atoms with van der Waals surface area (Å²) >= 11 is 2.53. The van der Waals surface area contributed by atoms with Gasteiger partial charge in [-0.2, -0.15) is 13.2 Å². The van der Waals surface area contributed by atoms with Crippen molar-refractivity contribution < 1.29 is 17.9 Å². The first-order valence-corrected chi connectivity index (χ1v) is 11.1. The minimum Gasteiger partial charge on any atom is -0.497 e. The number of halogens is 3. The van der Waals surface area contributed by atoms with Crippen LogP contribution in [0.15, 0.2) is 57.7 Å². The molecule has 160 valence electrons. The molecule has 0 unspecified atom stereocenters. The number of alkyl halides is 3. The van der Waals surface area contributed by atoms with Crippen LogP contribution in [0.5, 0.6) is 5.75 Å². The van der Waals surface area contributed by atoms with E-state index in [4.69, 9.17) is 4.74 Å². The Labute approximate surface area is 183 Å². The fraction of sp³-hybridized carbons (Fsp3) is 0.190. The summed E-state index contributed by atoms with van der Waals surface area (Å²) in [6.07, 6.45) is -2.78. The number of fused-ring (bicyclic) bond motifs is 1. The van der Waals surface area contributed by atoms with Crippen LogP contribution in [0.3, 0.4) is 0 Å². The minimum atomic E-state index is -4.59. The number of nitrogens with zero attached hydrogens (tertiary/aromatic N) is 3. The van der Waals surface area contributed by atoms with Crippen LogP contribution in [-0.2, 0) is 12.7 Å². The molecule has 0 aliphatic heterocycles. The Kier molecular flexibility index (Phi) is 5.76. The first-order chi connectivity index (χ1) is 14.8. The number of benzene rings is 2. The number of aromatic nitrogens is 3. The molecule has 0 spiro atoms. The molecule has 5 nitrogen and oxygen atoms in total. The van der Waals surface area contributed by atoms with E-state index in [1.54, 1.807) is 24.3 Å². The van der Waals surface area contributed by atoms with Crippen molar-refractivity contribution in [2.24, 2.45) is 0 Å². The van der Waals surface area contributed by atoms with E-state index in [1.807, 2.05) is 6.26 Å². The summed E-state index contributed by atoms with van der Waals surface area (Å²) in [5, 5.41) is 0. The largest absolute Gasteiger partial charge is 0.497 e. The number of rotatable bonds is 5. The third-order valence-corrected chi connectivity index (χ3v) is 6.58. The average Bonchev–Trinajstić information content (AvgIpc) is 3.19. The summed E-state index contributed by atoms with van der Waals surface area (Å²) < 4.78 is 48.1. The van der Waals surface area contributed by atoms with Gasteiger partial charge in [0, 0.05) is 5.56 Å². The van der Waals surface area contributed by atoms with Gasteiger partial charge in [0.2, 0.25) is 0 Å². The molecule has 0 saturated heterocycles. The van der Waals surface area contributed by atoms with Crippen LogP contribution in [0.2, 0.25) is 0 Å². The predicted octanol–water partition coefficient (Wildman–Crippen LogP) is 5.32. The number of thioether (sulfide) groups is 1. The van der Waals surface area contributed by atoms with Crippen molar-refractivity contribution in [3.8, 4) is 17.1 Å². The SMILES string of the molecule is COc1ccc(Cn2c(-c3ccccc3C(F)(F)F)nc3sc(SC)nc3c2=O)cc1. The minimum absolute atomic E-state index is 0.0411. The third-order valence-electron chi connectivity index (χ3n) is 4.65. The van der Waals surface area contributed by atoms with Gasteiger partial charge in [0.1, 0.15) is 11.6 Å². The molecule has 0 saturated carbocycles. The van der Waals surface area contributed by atoms with Gasteiger partial charge in [-0.25, -0.2) is 9.97 Å². The Morgan fingerprint density at radius 1 is 1.10 bits per heavy atom. The first kappa shape index (κ1) is 21.4. The molecule has 0 aliphatic rings. The lowest BCUT2D eigenvalue weighted by atomic mass is 10.1. The summed E-state index contributed by atoms with van der Waals surface area (Å²) in [5.74, 6) is 0.592. The second-order valence-electron chi connectivity index (χ2n) is 6.56. The molecular weight excluding hydrogens is 447 g/mol. The van der Waals surface area contributed by atoms with Crippen LogP contribution >= 0.6 is 23.1 Å². The van der Waals surface area contributed by atoms with E-state index in [-0.39, 0.29) is 23.4 Å². The number of methoxy groups -OCH3 is 1. The number of hydrogen-bond acceptors (Lipinski definition) is 6. The summed E-state index contributed by atoms with van der Waals surface area (Å²) in [7, 11) is 1.54. The summed E-state index contributed by atoms with van der Waals surface area (Å²) in [6, 6.07) is 12.1. The zero-order valence-corrected chi connectivity index (χ0v) is 18.1. The van der Waals surface area contributed by atoms with Gasteiger partial charge in [0.05, 0.1) is 19.2 Å². The van der Waals surface area contributed by atoms with Crippen molar-refractivity contribution in [1.82, 2.24) is 14.5 Å². The van der Waals surface area contributed by atoms with E-state index in [0.29, 0.717) is 14.9 Å². The van der Waals surface area contributed by atoms with Gasteiger partial charge in [0.15, 0.2) is 14.7 Å². The molecule has 31 heavy (non-hydrogen) atoms. The fourth-order valence-electron chi connectivity index (χ4n) is 3.17. The van der Waals surface area contributed by atoms with Crippen LogP contribution in [0, 0.1) is 0 Å². The zero-order chi connectivity index (χ0) is 22.2. The zero-order valence-electron chi connectivity index (χ0n) is 16.4. The molecule has 2 heterocycles. The van der Waals surface area contributed by atoms with Gasteiger partial charge >= 0.3 is 6.18 Å². The highest BCUT2D eigenvalue weighted by Gasteiger charge is 2.34. The normalized spacial score (nSPS) is 11.8. The van der Waals surface area contributed by atoms with Crippen molar-refractivity contribution in [3.05, 3.63) is 70.0 Å². The van der Waals surface area contributed by atoms with Crippen molar-refractivity contribution in [2.75, 3.05) is 13.4 Å². The Morgan fingerprint density at radius 2 is 1.81 bits per heavy atom. The van der Waals surface area contributed by atoms with Crippen molar-refractivity contribution >= 4 is 33.4 Å². The second kappa shape index (κ2) is 8.35. The Morgan fingerprint density at radius 3 is 2.45 bits per heavy atom. The fourth-order valence-corrected chi connectivity index (χ4v) is 4.58. The third kappa shape index (κ3) is 4.17. The highest BCUT2D eigenvalue weighted by molar-refractivity contribution is 8.00. The highest BCUT2D eigenvalue weighted by Crippen LogP contribution is 2.37. The van der Waals surface area contributed by atoms with Crippen molar-refractivity contribution in [1.29, 1.82) is 0 Å². The number of ether oxygens (including phenoxy) is 1. The maximum absolute atomic E-state index is 13.7. The van der Waals surface area contributed by atoms with E-state index in [2.05, 4.69) is 9.97 Å². The Bertz CT molecular complexity index is 1300. The molecule has 0 amide bonds. The second-order valence-corrected chi connectivity index (χ2v) is 8.59. The van der Waals surface area contributed by atoms with Crippen LogP contribution in [0.1, 0.15) is 11.1 Å². The van der Waals surface area contributed by atoms with Gasteiger partial charge in [0.25, 0.3) is 5.56 Å². The predicted molar refractivity (Wildman–Crippen MR) is 116 cm³/mol. The highest BCUT2D eigenvalue weighted by atomic mass is 32.2. The lowest BCUT2D eigenvalue weighted by molar-refractivity contribution is -0.137.